The van der Waals surface area contributed by atoms with Gasteiger partial charge < -0.3 is 30.3 Å². The first-order valence-corrected chi connectivity index (χ1v) is 8.95. The van der Waals surface area contributed by atoms with Gasteiger partial charge in [-0.05, 0) is 24.1 Å². The van der Waals surface area contributed by atoms with Crippen molar-refractivity contribution in [2.24, 2.45) is 5.92 Å². The number of rotatable bonds is 6. The normalized spacial score (nSPS) is 24.5. The van der Waals surface area contributed by atoms with Crippen molar-refractivity contribution in [3.63, 3.8) is 0 Å². The van der Waals surface area contributed by atoms with Crippen LogP contribution in [0.3, 0.4) is 0 Å². The Kier molecular flexibility index (Phi) is 5.71. The van der Waals surface area contributed by atoms with Gasteiger partial charge in [-0.2, -0.15) is 5.10 Å². The minimum atomic E-state index is -1.48. The maximum Gasteiger partial charge on any atom is 0.370 e. The highest BCUT2D eigenvalue weighted by atomic mass is 16.5. The molecule has 9 nitrogen and oxygen atoms in total. The second-order valence-electron chi connectivity index (χ2n) is 7.08. The monoisotopic (exact) mass is 392 g/mol. The van der Waals surface area contributed by atoms with Crippen LogP contribution < -0.4 is 0 Å². The summed E-state index contributed by atoms with van der Waals surface area (Å²) < 4.78 is 6.98. The topological polar surface area (TPSA) is 145 Å². The molecule has 1 aliphatic heterocycles. The predicted molar refractivity (Wildman–Crippen MR) is 98.3 cm³/mol. The van der Waals surface area contributed by atoms with Crippen LogP contribution in [0.15, 0.2) is 30.2 Å². The number of aliphatic hydroxyl groups excluding tert-OH is 4. The number of nitrogens with zero attached hydrogens (tertiary/aromatic N) is 2. The van der Waals surface area contributed by atoms with Crippen molar-refractivity contribution in [2.75, 3.05) is 6.61 Å². The van der Waals surface area contributed by atoms with E-state index >= 15 is 0 Å². The molecule has 2 heterocycles. The molecule has 0 fully saturated rings. The van der Waals surface area contributed by atoms with Gasteiger partial charge in [-0.15, -0.1) is 0 Å². The van der Waals surface area contributed by atoms with Gasteiger partial charge in [0.2, 0.25) is 5.76 Å². The first-order valence-electron chi connectivity index (χ1n) is 8.95. The molecule has 0 spiro atoms. The van der Waals surface area contributed by atoms with Gasteiger partial charge in [-0.3, -0.25) is 4.68 Å². The highest BCUT2D eigenvalue weighted by Crippen LogP contribution is 2.35. The summed E-state index contributed by atoms with van der Waals surface area (Å²) in [5, 5.41) is 53.6. The maximum atomic E-state index is 11.5. The van der Waals surface area contributed by atoms with Crippen LogP contribution >= 0.6 is 0 Å². The van der Waals surface area contributed by atoms with Crippen molar-refractivity contribution in [3.8, 4) is 0 Å². The summed E-state index contributed by atoms with van der Waals surface area (Å²) in [7, 11) is 0. The third-order valence-electron chi connectivity index (χ3n) is 5.23. The van der Waals surface area contributed by atoms with E-state index < -0.39 is 42.8 Å². The number of hydrogen-bond acceptors (Lipinski definition) is 7. The van der Waals surface area contributed by atoms with Gasteiger partial charge in [0.05, 0.1) is 24.8 Å². The number of fused-ring (bicyclic) bond motifs is 1. The minimum absolute atomic E-state index is 0.161. The van der Waals surface area contributed by atoms with E-state index in [-0.39, 0.29) is 12.4 Å². The van der Waals surface area contributed by atoms with Crippen LogP contribution in [0.25, 0.3) is 10.9 Å². The van der Waals surface area contributed by atoms with E-state index in [0.717, 1.165) is 10.9 Å². The van der Waals surface area contributed by atoms with Crippen molar-refractivity contribution in [3.05, 3.63) is 41.3 Å². The summed E-state index contributed by atoms with van der Waals surface area (Å²) in [6.45, 7) is 2.78. The molecule has 0 amide bonds. The molecule has 0 bridgehead atoms. The smallest absolute Gasteiger partial charge is 0.370 e. The van der Waals surface area contributed by atoms with Crippen molar-refractivity contribution >= 4 is 16.9 Å². The highest BCUT2D eigenvalue weighted by Gasteiger charge is 2.41. The van der Waals surface area contributed by atoms with Gasteiger partial charge in [0, 0.05) is 17.5 Å². The molecule has 0 saturated carbocycles. The zero-order valence-electron chi connectivity index (χ0n) is 15.6. The number of aliphatic hydroxyl groups is 4. The average Bonchev–Trinajstić information content (AvgIpc) is 3.13. The molecule has 5 atom stereocenters. The summed E-state index contributed by atoms with van der Waals surface area (Å²) in [6, 6.07) is 3.07. The number of carboxylic acid groups (broad SMARTS) is 1. The summed E-state index contributed by atoms with van der Waals surface area (Å²) in [5.41, 5.74) is 2.28. The van der Waals surface area contributed by atoms with Gasteiger partial charge in [0.1, 0.15) is 18.3 Å². The Balaban J connectivity index is 2.08. The molecule has 2 unspecified atom stereocenters. The lowest BCUT2D eigenvalue weighted by atomic mass is 9.87. The molecule has 0 aliphatic carbocycles. The Hall–Kier alpha value is -2.46. The quantitative estimate of drug-likeness (QED) is 0.465. The second-order valence-corrected chi connectivity index (χ2v) is 7.08. The molecule has 0 radical (unpaired) electrons. The lowest BCUT2D eigenvalue weighted by Crippen LogP contribution is -2.48. The van der Waals surface area contributed by atoms with Gasteiger partial charge in [0.15, 0.2) is 0 Å². The van der Waals surface area contributed by atoms with E-state index in [4.69, 9.17) is 9.84 Å². The van der Waals surface area contributed by atoms with Gasteiger partial charge in [-0.1, -0.05) is 19.1 Å². The number of carboxylic acids is 1. The fraction of sp³-hybridized carbons (Fsp3) is 0.474. The summed E-state index contributed by atoms with van der Waals surface area (Å²) in [5.74, 6) is -2.14. The Morgan fingerprint density at radius 3 is 2.64 bits per heavy atom. The number of hydrogen-bond donors (Lipinski definition) is 5. The number of carbonyl (C=O) groups is 1. The maximum absolute atomic E-state index is 11.5. The predicted octanol–water partition coefficient (Wildman–Crippen LogP) is 0.0956. The minimum Gasteiger partial charge on any atom is -0.480 e. The molecule has 1 aromatic carbocycles. The van der Waals surface area contributed by atoms with Crippen LogP contribution in [-0.2, 0) is 16.1 Å². The standard InChI is InChI=1S/C19H24N2O7/c1-9-3-4-11(7-22)12-6-21(20-16(9)12)13-5-15(19(26)27)28-18(10(13)2)17(25)14(24)8-23/h3-6,10,13-14,17-18,22-25H,7-8H2,1-2H3,(H,26,27)/t10-,13+,14?,17?,18-/m1/s1. The van der Waals surface area contributed by atoms with Gasteiger partial charge in [0.25, 0.3) is 0 Å². The molecule has 2 aromatic rings. The first kappa shape index (κ1) is 20.3. The number of benzene rings is 1. The second kappa shape index (κ2) is 7.88. The summed E-state index contributed by atoms with van der Waals surface area (Å²) in [6.07, 6.45) is -0.885. The van der Waals surface area contributed by atoms with Crippen LogP contribution in [0, 0.1) is 12.8 Å². The Morgan fingerprint density at radius 2 is 2.04 bits per heavy atom. The van der Waals surface area contributed by atoms with Crippen LogP contribution in [0.2, 0.25) is 0 Å². The molecule has 5 N–H and O–H groups in total. The third kappa shape index (κ3) is 3.49. The zero-order valence-corrected chi connectivity index (χ0v) is 15.6. The van der Waals surface area contributed by atoms with E-state index in [9.17, 15) is 25.2 Å². The van der Waals surface area contributed by atoms with Crippen molar-refractivity contribution in [1.82, 2.24) is 9.78 Å². The van der Waals surface area contributed by atoms with Crippen molar-refractivity contribution in [2.45, 2.75) is 44.8 Å². The molecule has 152 valence electrons. The highest BCUT2D eigenvalue weighted by molar-refractivity contribution is 5.85. The molecular formula is C19H24N2O7. The van der Waals surface area contributed by atoms with Crippen LogP contribution in [0.5, 0.6) is 0 Å². The summed E-state index contributed by atoms with van der Waals surface area (Å²) >= 11 is 0. The molecular weight excluding hydrogens is 368 g/mol. The number of aliphatic carboxylic acids is 1. The van der Waals surface area contributed by atoms with Gasteiger partial charge in [-0.25, -0.2) is 4.79 Å². The van der Waals surface area contributed by atoms with Crippen molar-refractivity contribution < 1.29 is 35.1 Å². The molecule has 28 heavy (non-hydrogen) atoms. The Morgan fingerprint density at radius 1 is 1.32 bits per heavy atom. The Bertz CT molecular complexity index is 907. The van der Waals surface area contributed by atoms with Crippen molar-refractivity contribution in [1.29, 1.82) is 0 Å². The van der Waals surface area contributed by atoms with Crippen LogP contribution in [0.4, 0.5) is 0 Å². The fourth-order valence-corrected chi connectivity index (χ4v) is 3.54. The van der Waals surface area contributed by atoms with Gasteiger partial charge >= 0.3 is 5.97 Å². The SMILES string of the molecule is Cc1ccc(CO)c2cn([C@H]3C=C(C(=O)O)O[C@@H](C(O)C(O)CO)[C@@H]3C)nc12. The van der Waals surface area contributed by atoms with Crippen LogP contribution in [0.1, 0.15) is 24.1 Å². The van der Waals surface area contributed by atoms with E-state index in [0.29, 0.717) is 11.1 Å². The lowest BCUT2D eigenvalue weighted by molar-refractivity contribution is -0.148. The third-order valence-corrected chi connectivity index (χ3v) is 5.23. The molecule has 3 rings (SSSR count). The van der Waals surface area contributed by atoms with E-state index in [1.165, 1.54) is 6.08 Å². The van der Waals surface area contributed by atoms with Crippen LogP contribution in [-0.4, -0.2) is 66.2 Å². The zero-order chi connectivity index (χ0) is 20.6. The molecule has 0 saturated heterocycles. The summed E-state index contributed by atoms with van der Waals surface area (Å²) in [4.78, 5) is 11.5. The Labute approximate surface area is 161 Å². The number of ether oxygens (including phenoxy) is 1. The number of allylic oxidation sites excluding steroid dienone is 1. The largest absolute Gasteiger partial charge is 0.480 e. The van der Waals surface area contributed by atoms with E-state index in [2.05, 4.69) is 5.10 Å². The molecule has 9 heteroatoms. The average molecular weight is 392 g/mol. The molecule has 1 aliphatic rings. The molecule has 1 aromatic heterocycles. The number of aryl methyl sites for hydroxylation is 1. The number of aromatic nitrogens is 2. The van der Waals surface area contributed by atoms with E-state index in [1.807, 2.05) is 13.0 Å². The lowest BCUT2D eigenvalue weighted by Gasteiger charge is -2.38. The first-order chi connectivity index (χ1) is 13.3. The van der Waals surface area contributed by atoms with E-state index in [1.54, 1.807) is 23.9 Å². The fourth-order valence-electron chi connectivity index (χ4n) is 3.54.